The quantitative estimate of drug-likeness (QED) is 0.382. The molecule has 4 aliphatic rings. The summed E-state index contributed by atoms with van der Waals surface area (Å²) in [5.74, 6) is -2.67. The molecular formula is C32H44N4O8S. The highest BCUT2D eigenvalue weighted by Crippen LogP contribution is 2.45. The van der Waals surface area contributed by atoms with E-state index in [0.29, 0.717) is 19.3 Å². The molecule has 0 aromatic heterocycles. The van der Waals surface area contributed by atoms with Crippen molar-refractivity contribution in [2.24, 2.45) is 11.8 Å². The summed E-state index contributed by atoms with van der Waals surface area (Å²) in [6.45, 7) is 7.94. The zero-order valence-corrected chi connectivity index (χ0v) is 26.8. The van der Waals surface area contributed by atoms with Crippen molar-refractivity contribution in [3.05, 3.63) is 48.0 Å². The average Bonchev–Trinajstić information content (AvgIpc) is 3.92. The van der Waals surface area contributed by atoms with E-state index >= 15 is 0 Å². The summed E-state index contributed by atoms with van der Waals surface area (Å²) in [6.07, 6.45) is 5.01. The van der Waals surface area contributed by atoms with Crippen molar-refractivity contribution in [3.8, 4) is 0 Å². The zero-order chi connectivity index (χ0) is 32.4. The van der Waals surface area contributed by atoms with Crippen LogP contribution in [-0.4, -0.2) is 79.3 Å². The molecular weight excluding hydrogens is 600 g/mol. The Morgan fingerprint density at radius 2 is 1.91 bits per heavy atom. The van der Waals surface area contributed by atoms with Gasteiger partial charge in [0.05, 0.1) is 24.6 Å². The number of hydrogen-bond donors (Lipinski definition) is 3. The van der Waals surface area contributed by atoms with E-state index in [1.165, 1.54) is 16.5 Å². The first-order chi connectivity index (χ1) is 21.4. The molecule has 12 nitrogen and oxygen atoms in total. The van der Waals surface area contributed by atoms with Gasteiger partial charge in [-0.2, -0.15) is 0 Å². The van der Waals surface area contributed by atoms with Gasteiger partial charge in [0.1, 0.15) is 17.6 Å². The summed E-state index contributed by atoms with van der Waals surface area (Å²) in [4.78, 5) is 55.3. The molecule has 2 aliphatic heterocycles. The number of sulfonamides is 1. The van der Waals surface area contributed by atoms with Crippen LogP contribution in [0.2, 0.25) is 0 Å². The van der Waals surface area contributed by atoms with Gasteiger partial charge in [0.2, 0.25) is 21.8 Å². The number of carbonyl (C=O) groups excluding carboxylic acids is 4. The third-order valence-electron chi connectivity index (χ3n) is 9.12. The lowest BCUT2D eigenvalue weighted by atomic mass is 10.0. The minimum absolute atomic E-state index is 0.0939. The van der Waals surface area contributed by atoms with Crippen molar-refractivity contribution in [2.45, 2.75) is 101 Å². The van der Waals surface area contributed by atoms with Crippen LogP contribution in [0, 0.1) is 11.8 Å². The fourth-order valence-electron chi connectivity index (χ4n) is 6.15. The summed E-state index contributed by atoms with van der Waals surface area (Å²) in [7, 11) is -3.84. The third-order valence-corrected chi connectivity index (χ3v) is 10.9. The molecule has 0 radical (unpaired) electrons. The molecule has 0 unspecified atom stereocenters. The standard InChI is InChI=1S/C32H44N4O8S/c1-4-23-17-32(23,30(39)35-45(41,42)25-12-13-25)34-28(37)26-16-24-18-36(26)29(38)27(20(2)3)33-31(40)43-14-7-5-6-9-21-10-8-11-22(15-21)19-44-24/h4,8,10-11,15,20,23-27H,1,5-7,9,12-14,16-19H2,2-3H3,(H,33,40)(H,34,37)(H,35,39)/t23-,24+,26-,27-,32-/m0/s1. The molecule has 3 N–H and O–H groups in total. The van der Waals surface area contributed by atoms with Gasteiger partial charge in [0.25, 0.3) is 5.91 Å². The Morgan fingerprint density at radius 3 is 2.60 bits per heavy atom. The van der Waals surface area contributed by atoms with E-state index in [0.717, 1.165) is 24.8 Å². The number of carbonyl (C=O) groups is 4. The van der Waals surface area contributed by atoms with Crippen LogP contribution in [0.15, 0.2) is 36.9 Å². The number of aryl methyl sites for hydroxylation is 1. The van der Waals surface area contributed by atoms with Gasteiger partial charge in [0, 0.05) is 18.9 Å². The van der Waals surface area contributed by atoms with E-state index in [4.69, 9.17) is 9.47 Å². The molecule has 246 valence electrons. The Hall–Kier alpha value is -3.45. The molecule has 1 saturated heterocycles. The Bertz CT molecular complexity index is 1430. The number of hydrogen-bond acceptors (Lipinski definition) is 8. The number of nitrogens with zero attached hydrogens (tertiary/aromatic N) is 1. The lowest BCUT2D eigenvalue weighted by molar-refractivity contribution is -0.141. The van der Waals surface area contributed by atoms with Crippen molar-refractivity contribution in [3.63, 3.8) is 0 Å². The first kappa shape index (κ1) is 32.9. The van der Waals surface area contributed by atoms with Gasteiger partial charge in [-0.05, 0) is 62.0 Å². The molecule has 13 heteroatoms. The number of rotatable bonds is 7. The maximum Gasteiger partial charge on any atom is 0.407 e. The van der Waals surface area contributed by atoms with Crippen LogP contribution in [-0.2, 0) is 46.9 Å². The van der Waals surface area contributed by atoms with Gasteiger partial charge in [-0.3, -0.25) is 19.1 Å². The summed E-state index contributed by atoms with van der Waals surface area (Å²) in [5, 5.41) is 4.86. The molecule has 3 fully saturated rings. The molecule has 4 amide bonds. The second kappa shape index (κ2) is 13.5. The Balaban J connectivity index is 1.38. The zero-order valence-electron chi connectivity index (χ0n) is 26.0. The molecule has 45 heavy (non-hydrogen) atoms. The maximum absolute atomic E-state index is 14.0. The monoisotopic (exact) mass is 644 g/mol. The molecule has 1 aromatic rings. The normalized spacial score (nSPS) is 29.5. The Labute approximate surface area is 264 Å². The van der Waals surface area contributed by atoms with Gasteiger partial charge in [-0.15, -0.1) is 6.58 Å². The van der Waals surface area contributed by atoms with Gasteiger partial charge in [-0.1, -0.05) is 44.2 Å². The van der Waals surface area contributed by atoms with Crippen LogP contribution < -0.4 is 15.4 Å². The highest BCUT2D eigenvalue weighted by Gasteiger charge is 2.62. The van der Waals surface area contributed by atoms with Gasteiger partial charge in [0.15, 0.2) is 0 Å². The maximum atomic E-state index is 14.0. The first-order valence-electron chi connectivity index (χ1n) is 15.9. The number of alkyl carbamates (subject to hydrolysis) is 1. The molecule has 2 aliphatic carbocycles. The van der Waals surface area contributed by atoms with Crippen molar-refractivity contribution < 1.29 is 37.1 Å². The molecule has 2 saturated carbocycles. The number of fused-ring (bicyclic) bond motifs is 4. The van der Waals surface area contributed by atoms with E-state index in [2.05, 4.69) is 34.1 Å². The Kier molecular flexibility index (Phi) is 9.88. The number of amides is 4. The summed E-state index contributed by atoms with van der Waals surface area (Å²) >= 11 is 0. The van der Waals surface area contributed by atoms with Crippen LogP contribution >= 0.6 is 0 Å². The lowest BCUT2D eigenvalue weighted by Gasteiger charge is -2.31. The van der Waals surface area contributed by atoms with E-state index in [9.17, 15) is 27.6 Å². The van der Waals surface area contributed by atoms with E-state index in [1.54, 1.807) is 13.8 Å². The van der Waals surface area contributed by atoms with Gasteiger partial charge in [-0.25, -0.2) is 13.2 Å². The molecule has 4 bridgehead atoms. The summed E-state index contributed by atoms with van der Waals surface area (Å²) in [6, 6.07) is 6.11. The Morgan fingerprint density at radius 1 is 1.16 bits per heavy atom. The third kappa shape index (κ3) is 7.69. The molecule has 1 aromatic carbocycles. The van der Waals surface area contributed by atoms with E-state index in [1.807, 2.05) is 12.1 Å². The summed E-state index contributed by atoms with van der Waals surface area (Å²) in [5.41, 5.74) is 0.666. The van der Waals surface area contributed by atoms with Crippen LogP contribution in [0.25, 0.3) is 0 Å². The number of ether oxygens (including phenoxy) is 2. The predicted molar refractivity (Wildman–Crippen MR) is 165 cm³/mol. The second-order valence-corrected chi connectivity index (χ2v) is 15.0. The van der Waals surface area contributed by atoms with Crippen molar-refractivity contribution >= 4 is 33.8 Å². The van der Waals surface area contributed by atoms with Gasteiger partial charge < -0.3 is 25.0 Å². The lowest BCUT2D eigenvalue weighted by Crippen LogP contribution is -2.59. The topological polar surface area (TPSA) is 160 Å². The van der Waals surface area contributed by atoms with Crippen LogP contribution in [0.5, 0.6) is 0 Å². The first-order valence-corrected chi connectivity index (χ1v) is 17.4. The predicted octanol–water partition coefficient (Wildman–Crippen LogP) is 2.32. The van der Waals surface area contributed by atoms with E-state index in [-0.39, 0.29) is 38.5 Å². The number of benzene rings is 1. The number of nitrogens with one attached hydrogen (secondary N) is 3. The largest absolute Gasteiger partial charge is 0.450 e. The van der Waals surface area contributed by atoms with E-state index < -0.39 is 68.7 Å². The van der Waals surface area contributed by atoms with Gasteiger partial charge >= 0.3 is 6.09 Å². The number of cyclic esters (lactones) is 1. The fourth-order valence-corrected chi connectivity index (χ4v) is 7.52. The minimum Gasteiger partial charge on any atom is -0.450 e. The van der Waals surface area contributed by atoms with Crippen LogP contribution in [0.1, 0.15) is 69.9 Å². The van der Waals surface area contributed by atoms with Crippen molar-refractivity contribution in [1.82, 2.24) is 20.3 Å². The molecule has 5 rings (SSSR count). The average molecular weight is 645 g/mol. The van der Waals surface area contributed by atoms with Crippen LogP contribution in [0.3, 0.4) is 0 Å². The SMILES string of the molecule is C=C[C@H]1C[C@@]1(NC(=O)[C@@H]1C[C@@H]2CN1C(=O)[C@H](C(C)C)NC(=O)OCCCCCc1cccc(c1)CO2)C(=O)NS(=O)(=O)C1CC1. The minimum atomic E-state index is -3.84. The van der Waals surface area contributed by atoms with Crippen molar-refractivity contribution in [1.29, 1.82) is 0 Å². The molecule has 2 heterocycles. The van der Waals surface area contributed by atoms with Crippen LogP contribution in [0.4, 0.5) is 4.79 Å². The smallest absolute Gasteiger partial charge is 0.407 e. The molecule has 5 atom stereocenters. The summed E-state index contributed by atoms with van der Waals surface area (Å²) < 4.78 is 38.8. The fraction of sp³-hybridized carbons (Fsp3) is 0.625. The molecule has 0 spiro atoms. The second-order valence-electron chi connectivity index (χ2n) is 13.0. The van der Waals surface area contributed by atoms with Crippen molar-refractivity contribution in [2.75, 3.05) is 13.2 Å². The highest BCUT2D eigenvalue weighted by molar-refractivity contribution is 7.91. The highest BCUT2D eigenvalue weighted by atomic mass is 32.2.